The number of ether oxygens (including phenoxy) is 5. The summed E-state index contributed by atoms with van der Waals surface area (Å²) in [6, 6.07) is 24.6. The molecule has 0 amide bonds. The summed E-state index contributed by atoms with van der Waals surface area (Å²) in [5, 5.41) is 0. The largest absolute Gasteiger partial charge is 0.493 e. The molecular formula is C29H28O7. The van der Waals surface area contributed by atoms with Crippen LogP contribution in [0, 0.1) is 0 Å². The molecule has 1 fully saturated rings. The van der Waals surface area contributed by atoms with E-state index in [0.29, 0.717) is 37.6 Å². The van der Waals surface area contributed by atoms with Gasteiger partial charge in [0.25, 0.3) is 5.79 Å². The molecule has 0 radical (unpaired) electrons. The average Bonchev–Trinajstić information content (AvgIpc) is 2.86. The minimum Gasteiger partial charge on any atom is -0.493 e. The molecular weight excluding hydrogens is 460 g/mol. The van der Waals surface area contributed by atoms with Gasteiger partial charge in [-0.15, -0.1) is 0 Å². The van der Waals surface area contributed by atoms with Crippen molar-refractivity contribution in [3.05, 3.63) is 95.6 Å². The SMILES string of the molecule is CC1(C)OC(=O)C(=Cc2cccc(OCCCOc3ccc(OCc4ccccc4)cc3)c2)C(=O)O1. The molecule has 1 saturated heterocycles. The second kappa shape index (κ2) is 11.4. The zero-order valence-corrected chi connectivity index (χ0v) is 20.3. The van der Waals surface area contributed by atoms with Gasteiger partial charge in [0, 0.05) is 20.3 Å². The molecule has 0 N–H and O–H groups in total. The second-order valence-electron chi connectivity index (χ2n) is 8.61. The third kappa shape index (κ3) is 7.12. The highest BCUT2D eigenvalue weighted by atomic mass is 16.7. The van der Waals surface area contributed by atoms with Gasteiger partial charge < -0.3 is 23.7 Å². The van der Waals surface area contributed by atoms with Crippen LogP contribution >= 0.6 is 0 Å². The zero-order valence-electron chi connectivity index (χ0n) is 20.3. The molecule has 36 heavy (non-hydrogen) atoms. The Labute approximate surface area is 210 Å². The smallest absolute Gasteiger partial charge is 0.348 e. The van der Waals surface area contributed by atoms with Gasteiger partial charge in [0.2, 0.25) is 0 Å². The third-order valence-electron chi connectivity index (χ3n) is 5.18. The number of benzene rings is 3. The van der Waals surface area contributed by atoms with Gasteiger partial charge in [-0.1, -0.05) is 42.5 Å². The Bertz CT molecular complexity index is 1190. The van der Waals surface area contributed by atoms with E-state index in [1.807, 2.05) is 54.6 Å². The van der Waals surface area contributed by atoms with Crippen molar-refractivity contribution in [3.63, 3.8) is 0 Å². The Hall–Kier alpha value is -4.26. The van der Waals surface area contributed by atoms with Crippen molar-refractivity contribution in [2.75, 3.05) is 13.2 Å². The summed E-state index contributed by atoms with van der Waals surface area (Å²) < 4.78 is 27.6. The third-order valence-corrected chi connectivity index (χ3v) is 5.18. The minimum absolute atomic E-state index is 0.156. The highest BCUT2D eigenvalue weighted by Gasteiger charge is 2.38. The van der Waals surface area contributed by atoms with E-state index in [4.69, 9.17) is 23.7 Å². The van der Waals surface area contributed by atoms with Gasteiger partial charge in [-0.2, -0.15) is 0 Å². The van der Waals surface area contributed by atoms with E-state index in [0.717, 1.165) is 17.1 Å². The van der Waals surface area contributed by atoms with Crippen molar-refractivity contribution in [3.8, 4) is 17.2 Å². The van der Waals surface area contributed by atoms with E-state index in [1.165, 1.54) is 19.9 Å². The fraction of sp³-hybridized carbons (Fsp3) is 0.241. The summed E-state index contributed by atoms with van der Waals surface area (Å²) in [5.74, 6) is -0.544. The van der Waals surface area contributed by atoms with Crippen LogP contribution in [0.25, 0.3) is 6.08 Å². The van der Waals surface area contributed by atoms with Crippen LogP contribution in [-0.2, 0) is 25.7 Å². The predicted octanol–water partition coefficient (Wildman–Crippen LogP) is 5.33. The fourth-order valence-corrected chi connectivity index (χ4v) is 3.45. The first kappa shape index (κ1) is 24.9. The van der Waals surface area contributed by atoms with Crippen LogP contribution in [0.2, 0.25) is 0 Å². The highest BCUT2D eigenvalue weighted by Crippen LogP contribution is 2.25. The minimum atomic E-state index is -1.27. The number of hydrogen-bond acceptors (Lipinski definition) is 7. The number of rotatable bonds is 10. The maximum absolute atomic E-state index is 12.1. The summed E-state index contributed by atoms with van der Waals surface area (Å²) in [6.07, 6.45) is 2.11. The molecule has 1 aliphatic heterocycles. The maximum atomic E-state index is 12.1. The molecule has 1 aliphatic rings. The van der Waals surface area contributed by atoms with Crippen LogP contribution in [0.15, 0.2) is 84.4 Å². The van der Waals surface area contributed by atoms with Gasteiger partial charge in [0.15, 0.2) is 0 Å². The molecule has 0 atom stereocenters. The van der Waals surface area contributed by atoms with Gasteiger partial charge >= 0.3 is 11.9 Å². The number of hydrogen-bond donors (Lipinski definition) is 0. The van der Waals surface area contributed by atoms with E-state index >= 15 is 0 Å². The molecule has 7 heteroatoms. The normalized spacial score (nSPS) is 14.4. The van der Waals surface area contributed by atoms with Crippen molar-refractivity contribution >= 4 is 18.0 Å². The first-order chi connectivity index (χ1) is 17.4. The number of esters is 2. The lowest BCUT2D eigenvalue weighted by Gasteiger charge is -2.29. The molecule has 0 aromatic heterocycles. The lowest BCUT2D eigenvalue weighted by Crippen LogP contribution is -2.41. The van der Waals surface area contributed by atoms with Gasteiger partial charge in [-0.25, -0.2) is 9.59 Å². The standard InChI is InChI=1S/C29H28O7/c1-29(2)35-27(30)26(28(31)36-29)19-22-10-6-11-25(18-22)33-17-7-16-32-23-12-14-24(15-13-23)34-20-21-8-4-3-5-9-21/h3-6,8-15,18-19H,7,16-17,20H2,1-2H3. The Kier molecular flexibility index (Phi) is 7.90. The molecule has 4 rings (SSSR count). The fourth-order valence-electron chi connectivity index (χ4n) is 3.45. The van der Waals surface area contributed by atoms with Gasteiger partial charge in [-0.3, -0.25) is 0 Å². The van der Waals surface area contributed by atoms with E-state index < -0.39 is 17.7 Å². The quantitative estimate of drug-likeness (QED) is 0.165. The lowest BCUT2D eigenvalue weighted by molar-refractivity contribution is -0.222. The molecule has 186 valence electrons. The highest BCUT2D eigenvalue weighted by molar-refractivity contribution is 6.18. The number of carbonyl (C=O) groups excluding carboxylic acids is 2. The van der Waals surface area contributed by atoms with Crippen molar-refractivity contribution in [1.82, 2.24) is 0 Å². The average molecular weight is 489 g/mol. The first-order valence-electron chi connectivity index (χ1n) is 11.7. The molecule has 0 saturated carbocycles. The van der Waals surface area contributed by atoms with Gasteiger partial charge in [0.05, 0.1) is 13.2 Å². The Morgan fingerprint density at radius 2 is 1.33 bits per heavy atom. The molecule has 7 nitrogen and oxygen atoms in total. The molecule has 3 aromatic carbocycles. The van der Waals surface area contributed by atoms with Gasteiger partial charge in [0.1, 0.15) is 29.4 Å². The van der Waals surface area contributed by atoms with Crippen LogP contribution in [0.5, 0.6) is 17.2 Å². The van der Waals surface area contributed by atoms with Crippen LogP contribution in [0.3, 0.4) is 0 Å². The Balaban J connectivity index is 1.20. The van der Waals surface area contributed by atoms with Crippen LogP contribution in [-0.4, -0.2) is 30.9 Å². The van der Waals surface area contributed by atoms with E-state index in [1.54, 1.807) is 24.3 Å². The molecule has 0 unspecified atom stereocenters. The molecule has 0 aliphatic carbocycles. The maximum Gasteiger partial charge on any atom is 0.348 e. The Morgan fingerprint density at radius 3 is 2.00 bits per heavy atom. The summed E-state index contributed by atoms with van der Waals surface area (Å²) in [5.41, 5.74) is 1.58. The number of carbonyl (C=O) groups is 2. The van der Waals surface area contributed by atoms with Crippen molar-refractivity contribution in [2.24, 2.45) is 0 Å². The van der Waals surface area contributed by atoms with Crippen molar-refractivity contribution in [1.29, 1.82) is 0 Å². The number of cyclic esters (lactones) is 2. The summed E-state index contributed by atoms with van der Waals surface area (Å²) >= 11 is 0. The molecule has 3 aromatic rings. The first-order valence-corrected chi connectivity index (χ1v) is 11.7. The van der Waals surface area contributed by atoms with Crippen LogP contribution in [0.1, 0.15) is 31.4 Å². The van der Waals surface area contributed by atoms with Gasteiger partial charge in [-0.05, 0) is 53.6 Å². The predicted molar refractivity (Wildman–Crippen MR) is 134 cm³/mol. The summed E-state index contributed by atoms with van der Waals surface area (Å²) in [4.78, 5) is 24.3. The molecule has 1 heterocycles. The topological polar surface area (TPSA) is 80.3 Å². The molecule has 0 spiro atoms. The molecule has 0 bridgehead atoms. The van der Waals surface area contributed by atoms with E-state index in [9.17, 15) is 9.59 Å². The van der Waals surface area contributed by atoms with E-state index in [2.05, 4.69) is 0 Å². The summed E-state index contributed by atoms with van der Waals surface area (Å²) in [6.45, 7) is 4.46. The monoisotopic (exact) mass is 488 g/mol. The summed E-state index contributed by atoms with van der Waals surface area (Å²) in [7, 11) is 0. The lowest BCUT2D eigenvalue weighted by atomic mass is 10.1. The van der Waals surface area contributed by atoms with Crippen molar-refractivity contribution in [2.45, 2.75) is 32.7 Å². The second-order valence-corrected chi connectivity index (χ2v) is 8.61. The zero-order chi connectivity index (χ0) is 25.4. The Morgan fingerprint density at radius 1 is 0.722 bits per heavy atom. The van der Waals surface area contributed by atoms with E-state index in [-0.39, 0.29) is 5.57 Å². The van der Waals surface area contributed by atoms with Crippen molar-refractivity contribution < 1.29 is 33.3 Å². The van der Waals surface area contributed by atoms with Crippen LogP contribution < -0.4 is 14.2 Å². The van der Waals surface area contributed by atoms with Crippen LogP contribution in [0.4, 0.5) is 0 Å².